The zero-order chi connectivity index (χ0) is 14.7. The van der Waals surface area contributed by atoms with Crippen LogP contribution < -0.4 is 5.32 Å². The van der Waals surface area contributed by atoms with Gasteiger partial charge in [-0.15, -0.1) is 0 Å². The van der Waals surface area contributed by atoms with E-state index in [1.165, 1.54) is 6.07 Å². The van der Waals surface area contributed by atoms with Crippen molar-refractivity contribution in [1.29, 1.82) is 0 Å². The highest BCUT2D eigenvalue weighted by Gasteiger charge is 2.33. The number of benzene rings is 1. The van der Waals surface area contributed by atoms with E-state index in [-0.39, 0.29) is 29.9 Å². The minimum absolute atomic E-state index is 0.0275. The molecule has 3 atom stereocenters. The molecule has 0 saturated carbocycles. The molecule has 4 nitrogen and oxygen atoms in total. The van der Waals surface area contributed by atoms with Crippen LogP contribution in [0.2, 0.25) is 0 Å². The number of halogens is 1. The molecule has 1 saturated heterocycles. The predicted molar refractivity (Wildman–Crippen MR) is 74.8 cm³/mol. The van der Waals surface area contributed by atoms with Crippen molar-refractivity contribution in [3.63, 3.8) is 0 Å². The Morgan fingerprint density at radius 1 is 1.50 bits per heavy atom. The maximum Gasteiger partial charge on any atom is 0.240 e. The van der Waals surface area contributed by atoms with E-state index >= 15 is 0 Å². The first kappa shape index (κ1) is 14.9. The van der Waals surface area contributed by atoms with Crippen molar-refractivity contribution >= 4 is 5.91 Å². The van der Waals surface area contributed by atoms with Crippen LogP contribution in [-0.4, -0.2) is 43.7 Å². The largest absolute Gasteiger partial charge is 0.380 e. The van der Waals surface area contributed by atoms with Crippen molar-refractivity contribution in [2.24, 2.45) is 0 Å². The third-order valence-corrected chi connectivity index (χ3v) is 4.01. The predicted octanol–water partition coefficient (Wildman–Crippen LogP) is 1.72. The smallest absolute Gasteiger partial charge is 0.240 e. The molecule has 1 heterocycles. The van der Waals surface area contributed by atoms with Gasteiger partial charge in [-0.25, -0.2) is 4.39 Å². The fourth-order valence-corrected chi connectivity index (χ4v) is 2.53. The lowest BCUT2D eigenvalue weighted by molar-refractivity contribution is -0.133. The minimum atomic E-state index is -0.299. The molecule has 1 aliphatic rings. The summed E-state index contributed by atoms with van der Waals surface area (Å²) in [6, 6.07) is 6.01. The van der Waals surface area contributed by atoms with Crippen molar-refractivity contribution in [3.8, 4) is 0 Å². The SMILES string of the molecule is COC1CNC(C(=O)N(C)C(C)c2ccccc2F)C1. The van der Waals surface area contributed by atoms with E-state index in [0.29, 0.717) is 18.5 Å². The second-order valence-corrected chi connectivity index (χ2v) is 5.20. The summed E-state index contributed by atoms with van der Waals surface area (Å²) in [7, 11) is 3.35. The third kappa shape index (κ3) is 2.99. The Hall–Kier alpha value is -1.46. The van der Waals surface area contributed by atoms with Gasteiger partial charge >= 0.3 is 0 Å². The normalized spacial score (nSPS) is 23.6. The lowest BCUT2D eigenvalue weighted by Crippen LogP contribution is -2.42. The van der Waals surface area contributed by atoms with Gasteiger partial charge in [0.05, 0.1) is 18.2 Å². The molecule has 1 fully saturated rings. The van der Waals surface area contributed by atoms with Crippen LogP contribution in [0.5, 0.6) is 0 Å². The number of likely N-dealkylation sites (N-methyl/N-ethyl adjacent to an activating group) is 1. The second-order valence-electron chi connectivity index (χ2n) is 5.20. The molecule has 1 N–H and O–H groups in total. The highest BCUT2D eigenvalue weighted by molar-refractivity contribution is 5.82. The number of hydrogen-bond acceptors (Lipinski definition) is 3. The Balaban J connectivity index is 2.05. The zero-order valence-electron chi connectivity index (χ0n) is 12.1. The molecule has 0 aromatic heterocycles. The zero-order valence-corrected chi connectivity index (χ0v) is 12.1. The van der Waals surface area contributed by atoms with Crippen LogP contribution in [0.4, 0.5) is 4.39 Å². The van der Waals surface area contributed by atoms with E-state index in [4.69, 9.17) is 4.74 Å². The van der Waals surface area contributed by atoms with Gasteiger partial charge in [-0.1, -0.05) is 18.2 Å². The number of carbonyl (C=O) groups excluding carboxylic acids is 1. The van der Waals surface area contributed by atoms with Gasteiger partial charge in [0.2, 0.25) is 5.91 Å². The molecule has 1 aliphatic heterocycles. The van der Waals surface area contributed by atoms with Crippen LogP contribution in [0.15, 0.2) is 24.3 Å². The van der Waals surface area contributed by atoms with Crippen molar-refractivity contribution in [3.05, 3.63) is 35.6 Å². The molecule has 5 heteroatoms. The first-order valence-corrected chi connectivity index (χ1v) is 6.82. The molecule has 1 amide bonds. The molecular formula is C15H21FN2O2. The number of ether oxygens (including phenoxy) is 1. The van der Waals surface area contributed by atoms with Gasteiger partial charge in [0.1, 0.15) is 5.82 Å². The quantitative estimate of drug-likeness (QED) is 0.913. The fraction of sp³-hybridized carbons (Fsp3) is 0.533. The Morgan fingerprint density at radius 2 is 2.20 bits per heavy atom. The number of methoxy groups -OCH3 is 1. The molecule has 2 rings (SSSR count). The first-order valence-electron chi connectivity index (χ1n) is 6.82. The van der Waals surface area contributed by atoms with Crippen LogP contribution in [-0.2, 0) is 9.53 Å². The van der Waals surface area contributed by atoms with Crippen LogP contribution in [0.3, 0.4) is 0 Å². The lowest BCUT2D eigenvalue weighted by atomic mass is 10.1. The summed E-state index contributed by atoms with van der Waals surface area (Å²) < 4.78 is 19.0. The standard InChI is InChI=1S/C15H21FN2O2/c1-10(12-6-4-5-7-13(12)16)18(2)15(19)14-8-11(20-3)9-17-14/h4-7,10-11,14,17H,8-9H2,1-3H3. The first-order chi connectivity index (χ1) is 9.54. The summed E-state index contributed by atoms with van der Waals surface area (Å²) in [6.07, 6.45) is 0.727. The molecule has 110 valence electrons. The number of rotatable bonds is 4. The van der Waals surface area contributed by atoms with E-state index in [2.05, 4.69) is 5.32 Å². The van der Waals surface area contributed by atoms with E-state index in [0.717, 1.165) is 0 Å². The summed E-state index contributed by atoms with van der Waals surface area (Å²) in [5, 5.41) is 3.15. The average molecular weight is 280 g/mol. The number of nitrogens with zero attached hydrogens (tertiary/aromatic N) is 1. The molecular weight excluding hydrogens is 259 g/mol. The molecule has 1 aromatic carbocycles. The van der Waals surface area contributed by atoms with Gasteiger partial charge in [0, 0.05) is 26.3 Å². The average Bonchev–Trinajstić information content (AvgIpc) is 2.94. The third-order valence-electron chi connectivity index (χ3n) is 4.01. The van der Waals surface area contributed by atoms with Gasteiger partial charge in [0.25, 0.3) is 0 Å². The van der Waals surface area contributed by atoms with Crippen LogP contribution >= 0.6 is 0 Å². The van der Waals surface area contributed by atoms with E-state index in [9.17, 15) is 9.18 Å². The molecule has 0 bridgehead atoms. The maximum atomic E-state index is 13.8. The highest BCUT2D eigenvalue weighted by atomic mass is 19.1. The number of nitrogens with one attached hydrogen (secondary N) is 1. The van der Waals surface area contributed by atoms with E-state index in [1.54, 1.807) is 37.3 Å². The highest BCUT2D eigenvalue weighted by Crippen LogP contribution is 2.23. The van der Waals surface area contributed by atoms with Crippen LogP contribution in [0.25, 0.3) is 0 Å². The molecule has 1 aromatic rings. The van der Waals surface area contributed by atoms with E-state index < -0.39 is 0 Å². The lowest BCUT2D eigenvalue weighted by Gasteiger charge is -2.28. The summed E-state index contributed by atoms with van der Waals surface area (Å²) in [5.74, 6) is -0.311. The molecule has 20 heavy (non-hydrogen) atoms. The Morgan fingerprint density at radius 3 is 2.80 bits per heavy atom. The molecule has 0 radical (unpaired) electrons. The van der Waals surface area contributed by atoms with Crippen molar-refractivity contribution < 1.29 is 13.9 Å². The summed E-state index contributed by atoms with van der Waals surface area (Å²) in [5.41, 5.74) is 0.532. The van der Waals surface area contributed by atoms with Gasteiger partial charge in [-0.2, -0.15) is 0 Å². The maximum absolute atomic E-state index is 13.8. The second kappa shape index (κ2) is 6.33. The van der Waals surface area contributed by atoms with Gasteiger partial charge in [-0.3, -0.25) is 4.79 Å². The number of carbonyl (C=O) groups is 1. The minimum Gasteiger partial charge on any atom is -0.380 e. The summed E-state index contributed by atoms with van der Waals surface area (Å²) in [6.45, 7) is 2.51. The van der Waals surface area contributed by atoms with E-state index in [1.807, 2.05) is 6.92 Å². The fourth-order valence-electron chi connectivity index (χ4n) is 2.53. The molecule has 3 unspecified atom stereocenters. The summed E-state index contributed by atoms with van der Waals surface area (Å²) in [4.78, 5) is 14.0. The number of hydrogen-bond donors (Lipinski definition) is 1. The molecule has 0 aliphatic carbocycles. The van der Waals surface area contributed by atoms with Crippen molar-refractivity contribution in [2.45, 2.75) is 31.5 Å². The van der Waals surface area contributed by atoms with Crippen LogP contribution in [0, 0.1) is 5.82 Å². The van der Waals surface area contributed by atoms with Gasteiger partial charge in [0.15, 0.2) is 0 Å². The molecule has 0 spiro atoms. The van der Waals surface area contributed by atoms with Gasteiger partial charge in [-0.05, 0) is 19.4 Å². The van der Waals surface area contributed by atoms with Gasteiger partial charge < -0.3 is 15.0 Å². The Labute approximate surface area is 118 Å². The Bertz CT molecular complexity index is 481. The van der Waals surface area contributed by atoms with Crippen molar-refractivity contribution in [2.75, 3.05) is 20.7 Å². The monoisotopic (exact) mass is 280 g/mol. The number of amides is 1. The summed E-state index contributed by atoms with van der Waals surface area (Å²) >= 11 is 0. The van der Waals surface area contributed by atoms with Crippen LogP contribution in [0.1, 0.15) is 24.9 Å². The Kier molecular flexibility index (Phi) is 4.73. The topological polar surface area (TPSA) is 41.6 Å². The van der Waals surface area contributed by atoms with Crippen molar-refractivity contribution in [1.82, 2.24) is 10.2 Å².